The highest BCUT2D eigenvalue weighted by Crippen LogP contribution is 2.39. The predicted octanol–water partition coefficient (Wildman–Crippen LogP) is 6.63. The number of nitrogens with one attached hydrogen (secondary N) is 1. The van der Waals surface area contributed by atoms with Crippen LogP contribution in [0.15, 0.2) is 96.6 Å². The second-order valence-corrected chi connectivity index (χ2v) is 16.4. The Hall–Kier alpha value is -4.28. The van der Waals surface area contributed by atoms with Crippen molar-refractivity contribution in [3.05, 3.63) is 102 Å². The van der Waals surface area contributed by atoms with E-state index in [0.29, 0.717) is 23.0 Å². The molecule has 0 amide bonds. The summed E-state index contributed by atoms with van der Waals surface area (Å²) in [5.74, 6) is 0.299. The quantitative estimate of drug-likeness (QED) is 0.160. The van der Waals surface area contributed by atoms with Gasteiger partial charge in [-0.15, -0.1) is 4.91 Å². The molecule has 0 aliphatic heterocycles. The summed E-state index contributed by atoms with van der Waals surface area (Å²) in [6, 6.07) is 24.4. The Bertz CT molecular complexity index is 1680. The van der Waals surface area contributed by atoms with E-state index in [1.165, 1.54) is 28.8 Å². The molecule has 0 saturated heterocycles. The highest BCUT2D eigenvalue weighted by atomic mass is 28.4. The number of nitroso groups, excluding NO2 is 1. The molecule has 0 radical (unpaired) electrons. The summed E-state index contributed by atoms with van der Waals surface area (Å²) in [4.78, 5) is 24.9. The van der Waals surface area contributed by atoms with E-state index >= 15 is 0 Å². The van der Waals surface area contributed by atoms with Crippen LogP contribution in [-0.4, -0.2) is 39.8 Å². The minimum atomic E-state index is -2.64. The third kappa shape index (κ3) is 5.60. The summed E-state index contributed by atoms with van der Waals surface area (Å²) in [6.07, 6.45) is 7.87. The number of rotatable bonds is 8. The fraction of sp³-hybridized carbons (Fsp3) is 0.303. The molecule has 1 fully saturated rings. The predicted molar refractivity (Wildman–Crippen MR) is 170 cm³/mol. The van der Waals surface area contributed by atoms with Crippen molar-refractivity contribution < 1.29 is 8.82 Å². The molecule has 43 heavy (non-hydrogen) atoms. The van der Waals surface area contributed by atoms with Gasteiger partial charge in [0.2, 0.25) is 0 Å². The van der Waals surface area contributed by atoms with Crippen molar-refractivity contribution in [1.29, 1.82) is 0 Å². The Balaban J connectivity index is 1.22. The number of aromatic nitrogens is 4. The number of fused-ring (bicyclic) bond motifs is 1. The standard InChI is InChI=1S/C33H35FN6O2Si/c1-33(2,3)43(26-10-6-4-7-11-26,27-12-8-5-9-13-27)42-25-17-15-24(16-18-25)37-31-28(39-41)20-36-32(38-31)29-21-35-30-19-14-23(34)22-40(29)30/h4-14,19-22,24-25H,15-18H2,1-3H3,(H,36,37,38)/t24-,25-. The molecule has 1 saturated carbocycles. The molecule has 220 valence electrons. The first kappa shape index (κ1) is 28.8. The average molecular weight is 595 g/mol. The first-order valence-corrected chi connectivity index (χ1v) is 16.6. The lowest BCUT2D eigenvalue weighted by Crippen LogP contribution is -2.67. The maximum atomic E-state index is 13.9. The molecule has 0 bridgehead atoms. The van der Waals surface area contributed by atoms with Crippen LogP contribution >= 0.6 is 0 Å². The lowest BCUT2D eigenvalue weighted by Gasteiger charge is -2.46. The summed E-state index contributed by atoms with van der Waals surface area (Å²) < 4.78 is 22.9. The van der Waals surface area contributed by atoms with Crippen molar-refractivity contribution in [2.24, 2.45) is 5.18 Å². The van der Waals surface area contributed by atoms with Gasteiger partial charge in [-0.2, -0.15) is 0 Å². The van der Waals surface area contributed by atoms with E-state index in [2.05, 4.69) is 107 Å². The molecule has 0 unspecified atom stereocenters. The third-order valence-corrected chi connectivity index (χ3v) is 13.4. The van der Waals surface area contributed by atoms with Gasteiger partial charge >= 0.3 is 0 Å². The smallest absolute Gasteiger partial charge is 0.261 e. The van der Waals surface area contributed by atoms with Gasteiger partial charge in [-0.1, -0.05) is 81.4 Å². The van der Waals surface area contributed by atoms with Crippen LogP contribution in [0.25, 0.3) is 17.2 Å². The number of imidazole rings is 1. The lowest BCUT2D eigenvalue weighted by atomic mass is 9.93. The van der Waals surface area contributed by atoms with Gasteiger partial charge in [0, 0.05) is 18.3 Å². The number of benzene rings is 2. The van der Waals surface area contributed by atoms with Gasteiger partial charge in [0.25, 0.3) is 8.32 Å². The minimum Gasteiger partial charge on any atom is -0.404 e. The molecular weight excluding hydrogens is 559 g/mol. The number of hydrogen-bond donors (Lipinski definition) is 1. The van der Waals surface area contributed by atoms with E-state index in [1.807, 2.05) is 0 Å². The molecule has 2 aromatic carbocycles. The highest BCUT2D eigenvalue weighted by molar-refractivity contribution is 6.99. The third-order valence-electron chi connectivity index (χ3n) is 8.34. The van der Waals surface area contributed by atoms with E-state index in [1.54, 1.807) is 16.7 Å². The molecule has 10 heteroatoms. The topological polar surface area (TPSA) is 93.8 Å². The van der Waals surface area contributed by atoms with Crippen LogP contribution in [0.2, 0.25) is 5.04 Å². The summed E-state index contributed by atoms with van der Waals surface area (Å²) in [7, 11) is -2.64. The van der Waals surface area contributed by atoms with Gasteiger partial charge in [0.05, 0.1) is 12.4 Å². The fourth-order valence-corrected chi connectivity index (χ4v) is 11.0. The average Bonchev–Trinajstić information content (AvgIpc) is 3.44. The number of halogens is 1. The van der Waals surface area contributed by atoms with Gasteiger partial charge in [0.1, 0.15) is 17.2 Å². The van der Waals surface area contributed by atoms with Gasteiger partial charge in [-0.25, -0.2) is 19.3 Å². The largest absolute Gasteiger partial charge is 0.404 e. The second kappa shape index (κ2) is 11.8. The lowest BCUT2D eigenvalue weighted by molar-refractivity contribution is 0.138. The monoisotopic (exact) mass is 594 g/mol. The molecule has 0 atom stereocenters. The van der Waals surface area contributed by atoms with Crippen LogP contribution in [0.3, 0.4) is 0 Å². The first-order valence-electron chi connectivity index (χ1n) is 14.7. The van der Waals surface area contributed by atoms with Crippen molar-refractivity contribution in [3.63, 3.8) is 0 Å². The van der Waals surface area contributed by atoms with Crippen LogP contribution in [0.5, 0.6) is 0 Å². The van der Waals surface area contributed by atoms with E-state index in [9.17, 15) is 9.30 Å². The van der Waals surface area contributed by atoms with Gasteiger partial charge in [-0.3, -0.25) is 4.40 Å². The number of hydrogen-bond acceptors (Lipinski definition) is 7. The molecule has 0 spiro atoms. The van der Waals surface area contributed by atoms with Crippen molar-refractivity contribution in [1.82, 2.24) is 19.4 Å². The Labute approximate surface area is 251 Å². The highest BCUT2D eigenvalue weighted by Gasteiger charge is 2.51. The Morgan fingerprint density at radius 1 is 0.907 bits per heavy atom. The molecular formula is C33H35FN6O2Si. The molecule has 5 aromatic rings. The Kier molecular flexibility index (Phi) is 7.89. The van der Waals surface area contributed by atoms with Crippen molar-refractivity contribution >= 4 is 35.8 Å². The Morgan fingerprint density at radius 2 is 1.56 bits per heavy atom. The maximum absolute atomic E-state index is 13.9. The SMILES string of the molecule is CC(C)(C)[Si](O[C@H]1CC[C@H](Nc2nc(-c3cnc4ccc(F)cn34)ncc2N=O)CC1)(c1ccccc1)c1ccccc1. The Morgan fingerprint density at radius 3 is 2.16 bits per heavy atom. The fourth-order valence-electron chi connectivity index (χ4n) is 6.25. The van der Waals surface area contributed by atoms with E-state index < -0.39 is 14.1 Å². The van der Waals surface area contributed by atoms with Gasteiger partial charge in [-0.05, 0) is 58.4 Å². The van der Waals surface area contributed by atoms with Crippen LogP contribution in [0.4, 0.5) is 15.9 Å². The van der Waals surface area contributed by atoms with Gasteiger partial charge in [0.15, 0.2) is 17.3 Å². The molecule has 1 N–H and O–H groups in total. The van der Waals surface area contributed by atoms with Crippen LogP contribution in [0.1, 0.15) is 46.5 Å². The normalized spacial score (nSPS) is 17.6. The first-order chi connectivity index (χ1) is 20.8. The molecule has 8 nitrogen and oxygen atoms in total. The van der Waals surface area contributed by atoms with Gasteiger partial charge < -0.3 is 9.74 Å². The molecule has 1 aliphatic rings. The van der Waals surface area contributed by atoms with Crippen LogP contribution in [-0.2, 0) is 4.43 Å². The summed E-state index contributed by atoms with van der Waals surface area (Å²) in [5, 5.41) is 9.06. The minimum absolute atomic E-state index is 0.0851. The van der Waals surface area contributed by atoms with Crippen molar-refractivity contribution in [2.45, 2.75) is 63.6 Å². The number of nitrogens with zero attached hydrogens (tertiary/aromatic N) is 5. The van der Waals surface area contributed by atoms with Crippen LogP contribution < -0.4 is 15.7 Å². The molecule has 6 rings (SSSR count). The van der Waals surface area contributed by atoms with E-state index in [-0.39, 0.29) is 22.9 Å². The molecule has 3 heterocycles. The summed E-state index contributed by atoms with van der Waals surface area (Å²) >= 11 is 0. The van der Waals surface area contributed by atoms with Crippen LogP contribution in [0, 0.1) is 10.7 Å². The zero-order valence-electron chi connectivity index (χ0n) is 24.6. The second-order valence-electron chi connectivity index (χ2n) is 12.1. The van der Waals surface area contributed by atoms with E-state index in [0.717, 1.165) is 25.7 Å². The van der Waals surface area contributed by atoms with Crippen molar-refractivity contribution in [3.8, 4) is 11.5 Å². The zero-order chi connectivity index (χ0) is 30.0. The zero-order valence-corrected chi connectivity index (χ0v) is 25.6. The summed E-state index contributed by atoms with van der Waals surface area (Å²) in [5.41, 5.74) is 1.23. The number of pyridine rings is 1. The van der Waals surface area contributed by atoms with E-state index in [4.69, 9.17) is 4.43 Å². The summed E-state index contributed by atoms with van der Waals surface area (Å²) in [6.45, 7) is 6.89. The molecule has 3 aromatic heterocycles. The molecule has 1 aliphatic carbocycles. The van der Waals surface area contributed by atoms with Crippen molar-refractivity contribution in [2.75, 3.05) is 5.32 Å². The number of anilines is 1. The maximum Gasteiger partial charge on any atom is 0.261 e.